The summed E-state index contributed by atoms with van der Waals surface area (Å²) in [6.45, 7) is -0.175. The van der Waals surface area contributed by atoms with E-state index in [9.17, 15) is 10.1 Å². The molecule has 1 amide bonds. The lowest BCUT2D eigenvalue weighted by Crippen LogP contribution is -2.20. The van der Waals surface area contributed by atoms with Crippen LogP contribution in [0.3, 0.4) is 0 Å². The van der Waals surface area contributed by atoms with Crippen molar-refractivity contribution in [2.75, 3.05) is 11.9 Å². The molecule has 0 spiro atoms. The van der Waals surface area contributed by atoms with Gasteiger partial charge in [-0.3, -0.25) is 4.79 Å². The van der Waals surface area contributed by atoms with E-state index in [1.54, 1.807) is 42.5 Å². The number of anilines is 1. The van der Waals surface area contributed by atoms with Crippen LogP contribution in [-0.2, 0) is 4.79 Å². The van der Waals surface area contributed by atoms with Crippen LogP contribution in [0.25, 0.3) is 11.6 Å². The van der Waals surface area contributed by atoms with Crippen LogP contribution in [0.4, 0.5) is 5.69 Å². The second-order valence-electron chi connectivity index (χ2n) is 6.21. The molecule has 0 fully saturated rings. The molecule has 1 N–H and O–H groups in total. The van der Waals surface area contributed by atoms with Crippen molar-refractivity contribution in [2.24, 2.45) is 0 Å². The number of nitrogens with one attached hydrogen (secondary N) is 1. The van der Waals surface area contributed by atoms with Crippen molar-refractivity contribution in [3.63, 3.8) is 0 Å². The average molecular weight is 502 g/mol. The van der Waals surface area contributed by atoms with Crippen LogP contribution in [0, 0.1) is 11.3 Å². The van der Waals surface area contributed by atoms with Gasteiger partial charge in [0.25, 0.3) is 5.91 Å². The van der Waals surface area contributed by atoms with Crippen LogP contribution in [0.5, 0.6) is 5.75 Å². The first kappa shape index (κ1) is 21.9. The number of hydrogen-bond donors (Lipinski definition) is 1. The van der Waals surface area contributed by atoms with Gasteiger partial charge in [-0.2, -0.15) is 5.26 Å². The standard InChI is InChI=1S/C23H15BrCl2N2O2/c24-18-6-4-16(5-7-18)17(13-27)10-15-2-1-3-20(11-15)30-14-23(29)28-19-8-9-21(25)22(26)12-19/h1-12H,14H2,(H,28,29)/b17-10+. The molecular weight excluding hydrogens is 487 g/mol. The molecule has 3 aromatic carbocycles. The van der Waals surface area contributed by atoms with Crippen molar-refractivity contribution >= 4 is 62.4 Å². The highest BCUT2D eigenvalue weighted by atomic mass is 79.9. The number of hydrogen-bond acceptors (Lipinski definition) is 3. The van der Waals surface area contributed by atoms with Crippen LogP contribution >= 0.6 is 39.1 Å². The highest BCUT2D eigenvalue weighted by Gasteiger charge is 2.07. The molecule has 0 radical (unpaired) electrons. The molecule has 0 saturated carbocycles. The first-order valence-electron chi connectivity index (χ1n) is 8.80. The van der Waals surface area contributed by atoms with Crippen LogP contribution in [-0.4, -0.2) is 12.5 Å². The van der Waals surface area contributed by atoms with Gasteiger partial charge >= 0.3 is 0 Å². The van der Waals surface area contributed by atoms with Gasteiger partial charge in [-0.25, -0.2) is 0 Å². The molecule has 0 aliphatic rings. The van der Waals surface area contributed by atoms with Gasteiger partial charge in [0.05, 0.1) is 21.7 Å². The van der Waals surface area contributed by atoms with Gasteiger partial charge in [0.2, 0.25) is 0 Å². The zero-order valence-electron chi connectivity index (χ0n) is 15.5. The van der Waals surface area contributed by atoms with E-state index in [0.717, 1.165) is 15.6 Å². The fourth-order valence-electron chi connectivity index (χ4n) is 2.59. The summed E-state index contributed by atoms with van der Waals surface area (Å²) in [7, 11) is 0. The number of nitrogens with zero attached hydrogens (tertiary/aromatic N) is 1. The minimum Gasteiger partial charge on any atom is -0.484 e. The minimum atomic E-state index is -0.332. The lowest BCUT2D eigenvalue weighted by Gasteiger charge is -2.09. The van der Waals surface area contributed by atoms with Crippen LogP contribution in [0.1, 0.15) is 11.1 Å². The summed E-state index contributed by atoms with van der Waals surface area (Å²) in [4.78, 5) is 12.1. The molecule has 0 heterocycles. The molecule has 0 unspecified atom stereocenters. The van der Waals surface area contributed by atoms with Gasteiger partial charge < -0.3 is 10.1 Å². The summed E-state index contributed by atoms with van der Waals surface area (Å²) < 4.78 is 6.52. The van der Waals surface area contributed by atoms with Crippen molar-refractivity contribution < 1.29 is 9.53 Å². The van der Waals surface area contributed by atoms with E-state index in [0.29, 0.717) is 27.1 Å². The van der Waals surface area contributed by atoms with Crippen LogP contribution in [0.15, 0.2) is 71.2 Å². The summed E-state index contributed by atoms with van der Waals surface area (Å²) in [5.41, 5.74) is 2.66. The summed E-state index contributed by atoms with van der Waals surface area (Å²) in [5, 5.41) is 13.0. The Kier molecular flexibility index (Phi) is 7.53. The van der Waals surface area contributed by atoms with Gasteiger partial charge in [-0.15, -0.1) is 0 Å². The van der Waals surface area contributed by atoms with Crippen molar-refractivity contribution in [3.05, 3.63) is 92.4 Å². The Labute approximate surface area is 192 Å². The number of rotatable bonds is 6. The SMILES string of the molecule is N#C/C(=C\c1cccc(OCC(=O)Nc2ccc(Cl)c(Cl)c2)c1)c1ccc(Br)cc1. The fraction of sp³-hybridized carbons (Fsp3) is 0.0435. The maximum atomic E-state index is 12.1. The number of carbonyl (C=O) groups is 1. The molecule has 7 heteroatoms. The Morgan fingerprint density at radius 3 is 2.53 bits per heavy atom. The smallest absolute Gasteiger partial charge is 0.262 e. The van der Waals surface area contributed by atoms with Crippen molar-refractivity contribution in [2.45, 2.75) is 0 Å². The molecule has 0 aromatic heterocycles. The van der Waals surface area contributed by atoms with E-state index in [4.69, 9.17) is 27.9 Å². The number of ether oxygens (including phenoxy) is 1. The predicted molar refractivity (Wildman–Crippen MR) is 125 cm³/mol. The quantitative estimate of drug-likeness (QED) is 0.297. The zero-order chi connectivity index (χ0) is 21.5. The third-order valence-electron chi connectivity index (χ3n) is 4.02. The summed E-state index contributed by atoms with van der Waals surface area (Å²) >= 11 is 15.2. The first-order chi connectivity index (χ1) is 14.4. The van der Waals surface area contributed by atoms with Crippen molar-refractivity contribution in [1.29, 1.82) is 5.26 Å². The van der Waals surface area contributed by atoms with E-state index in [1.165, 1.54) is 0 Å². The lowest BCUT2D eigenvalue weighted by atomic mass is 10.0. The third kappa shape index (κ3) is 6.11. The molecular formula is C23H15BrCl2N2O2. The molecule has 150 valence electrons. The van der Waals surface area contributed by atoms with Gasteiger partial charge in [0, 0.05) is 10.2 Å². The first-order valence-corrected chi connectivity index (χ1v) is 10.3. The summed E-state index contributed by atoms with van der Waals surface area (Å²) in [6.07, 6.45) is 1.77. The van der Waals surface area contributed by atoms with Crippen LogP contribution < -0.4 is 10.1 Å². The van der Waals surface area contributed by atoms with Crippen molar-refractivity contribution in [3.8, 4) is 11.8 Å². The highest BCUT2D eigenvalue weighted by molar-refractivity contribution is 9.10. The normalized spacial score (nSPS) is 10.9. The maximum Gasteiger partial charge on any atom is 0.262 e. The Balaban J connectivity index is 1.66. The molecule has 0 aliphatic heterocycles. The molecule has 3 rings (SSSR count). The molecule has 4 nitrogen and oxygen atoms in total. The van der Waals surface area contributed by atoms with E-state index in [1.807, 2.05) is 30.3 Å². The van der Waals surface area contributed by atoms with Crippen LogP contribution in [0.2, 0.25) is 10.0 Å². The molecule has 0 aliphatic carbocycles. The molecule has 3 aromatic rings. The topological polar surface area (TPSA) is 62.1 Å². The molecule has 0 atom stereocenters. The maximum absolute atomic E-state index is 12.1. The Morgan fingerprint density at radius 2 is 1.83 bits per heavy atom. The average Bonchev–Trinajstić information content (AvgIpc) is 2.74. The number of amides is 1. The van der Waals surface area contributed by atoms with E-state index < -0.39 is 0 Å². The number of nitriles is 1. The van der Waals surface area contributed by atoms with Gasteiger partial charge in [-0.1, -0.05) is 63.4 Å². The predicted octanol–water partition coefficient (Wildman–Crippen LogP) is 6.84. The monoisotopic (exact) mass is 500 g/mol. The third-order valence-corrected chi connectivity index (χ3v) is 5.29. The Bertz CT molecular complexity index is 1140. The largest absolute Gasteiger partial charge is 0.484 e. The van der Waals surface area contributed by atoms with Gasteiger partial charge in [0.15, 0.2) is 6.61 Å². The summed E-state index contributed by atoms with van der Waals surface area (Å²) in [5.74, 6) is 0.183. The Morgan fingerprint density at radius 1 is 1.07 bits per heavy atom. The number of carbonyl (C=O) groups excluding carboxylic acids is 1. The molecule has 30 heavy (non-hydrogen) atoms. The second kappa shape index (κ2) is 10.3. The molecule has 0 saturated heterocycles. The Hall–Kier alpha value is -2.78. The van der Waals surface area contributed by atoms with Crippen molar-refractivity contribution in [1.82, 2.24) is 0 Å². The van der Waals surface area contributed by atoms with E-state index in [-0.39, 0.29) is 12.5 Å². The number of allylic oxidation sites excluding steroid dienone is 1. The van der Waals surface area contributed by atoms with Gasteiger partial charge in [0.1, 0.15) is 5.75 Å². The number of benzene rings is 3. The number of halogens is 3. The van der Waals surface area contributed by atoms with E-state index >= 15 is 0 Å². The lowest BCUT2D eigenvalue weighted by molar-refractivity contribution is -0.118. The van der Waals surface area contributed by atoms with Gasteiger partial charge in [-0.05, 0) is 59.7 Å². The molecule has 0 bridgehead atoms. The summed E-state index contributed by atoms with van der Waals surface area (Å²) in [6, 6.07) is 21.7. The second-order valence-corrected chi connectivity index (χ2v) is 7.95. The minimum absolute atomic E-state index is 0.175. The fourth-order valence-corrected chi connectivity index (χ4v) is 3.15. The zero-order valence-corrected chi connectivity index (χ0v) is 18.6. The van der Waals surface area contributed by atoms with E-state index in [2.05, 4.69) is 27.3 Å². The highest BCUT2D eigenvalue weighted by Crippen LogP contribution is 2.25.